The lowest BCUT2D eigenvalue weighted by atomic mass is 10.3. The average Bonchev–Trinajstić information content (AvgIpc) is 1.93. The molecule has 0 radical (unpaired) electrons. The maximum atomic E-state index is 5.75. The lowest BCUT2D eigenvalue weighted by Gasteiger charge is -1.92. The van der Waals surface area contributed by atoms with Crippen LogP contribution in [-0.4, -0.2) is 5.38 Å². The van der Waals surface area contributed by atoms with Gasteiger partial charge >= 0.3 is 0 Å². The number of alkyl halides is 1. The van der Waals surface area contributed by atoms with Gasteiger partial charge in [-0.2, -0.15) is 0 Å². The summed E-state index contributed by atoms with van der Waals surface area (Å²) in [5.41, 5.74) is 6.10. The first-order valence-electron chi connectivity index (χ1n) is 2.85. The topological polar surface area (TPSA) is 26.0 Å². The summed E-state index contributed by atoms with van der Waals surface area (Å²) in [5.74, 6) is 0. The first kappa shape index (κ1) is 7.70. The fourth-order valence-corrected chi connectivity index (χ4v) is 1.10. The second-order valence-corrected chi connectivity index (χ2v) is 2.94. The van der Waals surface area contributed by atoms with Gasteiger partial charge in [-0.05, 0) is 18.2 Å². The number of hydrogen-bond acceptors (Lipinski definition) is 1. The van der Waals surface area contributed by atoms with E-state index in [1.165, 1.54) is 0 Å². The van der Waals surface area contributed by atoms with E-state index in [4.69, 9.17) is 28.9 Å². The normalized spacial score (nSPS) is 25.2. The van der Waals surface area contributed by atoms with Crippen LogP contribution in [0.5, 0.6) is 0 Å². The summed E-state index contributed by atoms with van der Waals surface area (Å²) >= 11 is 11.4. The highest BCUT2D eigenvalue weighted by atomic mass is 35.5. The largest absolute Gasteiger partial charge is 0.399 e. The van der Waals surface area contributed by atoms with Crippen LogP contribution >= 0.6 is 23.2 Å². The molecule has 0 aromatic heterocycles. The van der Waals surface area contributed by atoms with E-state index in [2.05, 4.69) is 0 Å². The van der Waals surface area contributed by atoms with Gasteiger partial charge in [0.1, 0.15) is 0 Å². The van der Waals surface area contributed by atoms with Crippen molar-refractivity contribution in [1.82, 2.24) is 0 Å². The van der Waals surface area contributed by atoms with E-state index in [1.54, 1.807) is 24.3 Å². The second kappa shape index (κ2) is 3.13. The smallest absolute Gasteiger partial charge is 0.0723 e. The van der Waals surface area contributed by atoms with Crippen LogP contribution in [0, 0.1) is 0 Å². The predicted octanol–water partition coefficient (Wildman–Crippen LogP) is 2.13. The number of halogens is 2. The molecule has 0 saturated carbocycles. The van der Waals surface area contributed by atoms with Crippen LogP contribution in [0.25, 0.3) is 0 Å². The first-order valence-corrected chi connectivity index (χ1v) is 3.66. The zero-order valence-corrected chi connectivity index (χ0v) is 6.73. The maximum Gasteiger partial charge on any atom is 0.0723 e. The van der Waals surface area contributed by atoms with Crippen LogP contribution in [0.15, 0.2) is 35.0 Å². The molecule has 0 bridgehead atoms. The molecular weight excluding hydrogens is 169 g/mol. The molecule has 1 unspecified atom stereocenters. The molecule has 0 aromatic carbocycles. The molecule has 1 nitrogen and oxygen atoms in total. The van der Waals surface area contributed by atoms with Gasteiger partial charge in [0, 0.05) is 10.7 Å². The number of nitrogens with two attached hydrogens (primary N) is 1. The van der Waals surface area contributed by atoms with Crippen LogP contribution in [-0.2, 0) is 0 Å². The van der Waals surface area contributed by atoms with E-state index >= 15 is 0 Å². The highest BCUT2D eigenvalue weighted by Crippen LogP contribution is 2.14. The molecule has 0 amide bonds. The van der Waals surface area contributed by atoms with Gasteiger partial charge in [-0.3, -0.25) is 0 Å². The van der Waals surface area contributed by atoms with E-state index in [9.17, 15) is 0 Å². The van der Waals surface area contributed by atoms with Gasteiger partial charge in [0.15, 0.2) is 0 Å². The van der Waals surface area contributed by atoms with Gasteiger partial charge in [0.25, 0.3) is 0 Å². The highest BCUT2D eigenvalue weighted by Gasteiger charge is 1.99. The molecule has 0 heterocycles. The van der Waals surface area contributed by atoms with Crippen molar-refractivity contribution in [3.8, 4) is 0 Å². The second-order valence-electron chi connectivity index (χ2n) is 2.00. The van der Waals surface area contributed by atoms with E-state index in [-0.39, 0.29) is 5.38 Å². The van der Waals surface area contributed by atoms with Crippen molar-refractivity contribution in [3.05, 3.63) is 35.0 Å². The quantitative estimate of drug-likeness (QED) is 0.562. The van der Waals surface area contributed by atoms with Crippen LogP contribution in [0.3, 0.4) is 0 Å². The third kappa shape index (κ3) is 2.09. The lowest BCUT2D eigenvalue weighted by Crippen LogP contribution is -1.96. The Morgan fingerprint density at radius 2 is 2.20 bits per heavy atom. The van der Waals surface area contributed by atoms with E-state index in [0.29, 0.717) is 10.7 Å². The number of rotatable bonds is 0. The molecule has 1 rings (SSSR count). The Morgan fingerprint density at radius 1 is 1.50 bits per heavy atom. The van der Waals surface area contributed by atoms with Gasteiger partial charge in [0.2, 0.25) is 0 Å². The minimum absolute atomic E-state index is 0.146. The molecule has 0 aromatic rings. The molecule has 0 fully saturated rings. The summed E-state index contributed by atoms with van der Waals surface area (Å²) in [4.78, 5) is 0. The standard InChI is InChI=1S/C7H7Cl2N/c8-5-1-2-6(9)4-7(10)3-5/h1-5H,10H2. The van der Waals surface area contributed by atoms with E-state index < -0.39 is 0 Å². The molecule has 3 heteroatoms. The molecule has 0 aliphatic heterocycles. The average molecular weight is 176 g/mol. The molecule has 1 aliphatic rings. The van der Waals surface area contributed by atoms with Gasteiger partial charge in [-0.1, -0.05) is 17.7 Å². The minimum atomic E-state index is -0.146. The predicted molar refractivity (Wildman–Crippen MR) is 45.0 cm³/mol. The Kier molecular flexibility index (Phi) is 2.41. The molecule has 1 atom stereocenters. The van der Waals surface area contributed by atoms with Crippen molar-refractivity contribution < 1.29 is 0 Å². The molecule has 2 N–H and O–H groups in total. The molecular formula is C7H7Cl2N. The SMILES string of the molecule is NC1=CC(Cl)C=CC(Cl)=C1. The third-order valence-electron chi connectivity index (χ3n) is 1.10. The first-order chi connectivity index (χ1) is 4.68. The lowest BCUT2D eigenvalue weighted by molar-refractivity contribution is 1.32. The summed E-state index contributed by atoms with van der Waals surface area (Å²) in [6, 6.07) is 0. The van der Waals surface area contributed by atoms with Gasteiger partial charge < -0.3 is 5.73 Å². The van der Waals surface area contributed by atoms with E-state index in [1.807, 2.05) is 0 Å². The number of hydrogen-bond donors (Lipinski definition) is 1. The van der Waals surface area contributed by atoms with E-state index in [0.717, 1.165) is 0 Å². The van der Waals surface area contributed by atoms with Gasteiger partial charge in [0.05, 0.1) is 5.38 Å². The Bertz CT molecular complexity index is 216. The fraction of sp³-hybridized carbons (Fsp3) is 0.143. The summed E-state index contributed by atoms with van der Waals surface area (Å²) in [7, 11) is 0. The van der Waals surface area contributed by atoms with Crippen molar-refractivity contribution in [2.45, 2.75) is 5.38 Å². The zero-order valence-electron chi connectivity index (χ0n) is 5.22. The minimum Gasteiger partial charge on any atom is -0.399 e. The summed E-state index contributed by atoms with van der Waals surface area (Å²) in [6.45, 7) is 0. The Hall–Kier alpha value is -0.400. The molecule has 0 saturated heterocycles. The molecule has 1 aliphatic carbocycles. The van der Waals surface area contributed by atoms with Crippen LogP contribution in [0.2, 0.25) is 0 Å². The highest BCUT2D eigenvalue weighted by molar-refractivity contribution is 6.31. The van der Waals surface area contributed by atoms with Gasteiger partial charge in [-0.15, -0.1) is 11.6 Å². The van der Waals surface area contributed by atoms with Crippen LogP contribution in [0.4, 0.5) is 0 Å². The Labute approximate surface area is 69.8 Å². The van der Waals surface area contributed by atoms with Crippen molar-refractivity contribution in [1.29, 1.82) is 0 Å². The summed E-state index contributed by atoms with van der Waals surface area (Å²) in [5, 5.41) is 0.462. The van der Waals surface area contributed by atoms with Crippen molar-refractivity contribution in [2.75, 3.05) is 0 Å². The Morgan fingerprint density at radius 3 is 2.90 bits per heavy atom. The fourth-order valence-electron chi connectivity index (χ4n) is 0.679. The maximum absolute atomic E-state index is 5.75. The van der Waals surface area contributed by atoms with Crippen molar-refractivity contribution >= 4 is 23.2 Å². The zero-order chi connectivity index (χ0) is 7.56. The monoisotopic (exact) mass is 175 g/mol. The molecule has 0 spiro atoms. The van der Waals surface area contributed by atoms with Crippen LogP contribution < -0.4 is 5.73 Å². The molecule has 10 heavy (non-hydrogen) atoms. The van der Waals surface area contributed by atoms with Gasteiger partial charge in [-0.25, -0.2) is 0 Å². The number of allylic oxidation sites excluding steroid dienone is 5. The summed E-state index contributed by atoms with van der Waals surface area (Å²) in [6.07, 6.45) is 6.91. The summed E-state index contributed by atoms with van der Waals surface area (Å²) < 4.78 is 0. The third-order valence-corrected chi connectivity index (χ3v) is 1.60. The molecule has 54 valence electrons. The van der Waals surface area contributed by atoms with Crippen molar-refractivity contribution in [2.24, 2.45) is 5.73 Å². The van der Waals surface area contributed by atoms with Crippen LogP contribution in [0.1, 0.15) is 0 Å². The Balaban J connectivity index is 2.88. The van der Waals surface area contributed by atoms with Crippen molar-refractivity contribution in [3.63, 3.8) is 0 Å².